The number of carbonyl (C=O) groups excluding carboxylic acids is 1. The molecule has 1 aliphatic carbocycles. The fourth-order valence-corrected chi connectivity index (χ4v) is 4.76. The molecule has 3 rings (SSSR count). The van der Waals surface area contributed by atoms with Crippen molar-refractivity contribution in [2.24, 2.45) is 5.92 Å². The summed E-state index contributed by atoms with van der Waals surface area (Å²) >= 11 is 0. The van der Waals surface area contributed by atoms with Crippen LogP contribution in [0.3, 0.4) is 0 Å². The molecule has 8 heteroatoms. The number of anilines is 1. The van der Waals surface area contributed by atoms with Crippen molar-refractivity contribution < 1.29 is 13.2 Å². The minimum absolute atomic E-state index is 0.111. The van der Waals surface area contributed by atoms with Gasteiger partial charge < -0.3 is 5.32 Å². The van der Waals surface area contributed by atoms with Crippen LogP contribution in [0.1, 0.15) is 44.7 Å². The summed E-state index contributed by atoms with van der Waals surface area (Å²) in [5.41, 5.74) is 0.950. The van der Waals surface area contributed by atoms with Crippen LogP contribution < -0.4 is 5.32 Å². The van der Waals surface area contributed by atoms with Crippen LogP contribution in [0.5, 0.6) is 0 Å². The van der Waals surface area contributed by atoms with Gasteiger partial charge in [0.05, 0.1) is 11.4 Å². The van der Waals surface area contributed by atoms with Crippen molar-refractivity contribution in [2.75, 3.05) is 17.6 Å². The van der Waals surface area contributed by atoms with Crippen molar-refractivity contribution in [1.82, 2.24) is 14.5 Å². The van der Waals surface area contributed by atoms with Gasteiger partial charge in [-0.25, -0.2) is 8.42 Å². The summed E-state index contributed by atoms with van der Waals surface area (Å²) in [7, 11) is -3.34. The van der Waals surface area contributed by atoms with E-state index in [4.69, 9.17) is 0 Å². The number of sulfonamides is 1. The standard InChI is InChI=1S/C15H22N4O3S/c1-10(2)14(19-8-3-9-23(19,21)22)15(20)16-13-7-6-12(17-18-13)11-4-5-11/h6-7,10-11,14H,3-5,8-9H2,1-2H3,(H,16,18,20). The molecule has 7 nitrogen and oxygen atoms in total. The SMILES string of the molecule is CC(C)C(C(=O)Nc1ccc(C2CC2)nn1)N1CCCS1(=O)=O. The molecular formula is C15H22N4O3S. The van der Waals surface area contributed by atoms with E-state index in [0.717, 1.165) is 18.5 Å². The van der Waals surface area contributed by atoms with E-state index in [1.807, 2.05) is 19.9 Å². The van der Waals surface area contributed by atoms with E-state index >= 15 is 0 Å². The number of hydrogen-bond acceptors (Lipinski definition) is 5. The van der Waals surface area contributed by atoms with Gasteiger partial charge in [0, 0.05) is 12.5 Å². The van der Waals surface area contributed by atoms with Crippen LogP contribution in [0.25, 0.3) is 0 Å². The van der Waals surface area contributed by atoms with Gasteiger partial charge >= 0.3 is 0 Å². The predicted molar refractivity (Wildman–Crippen MR) is 86.4 cm³/mol. The lowest BCUT2D eigenvalue weighted by atomic mass is 10.0. The Morgan fingerprint density at radius 2 is 2.04 bits per heavy atom. The zero-order valence-electron chi connectivity index (χ0n) is 13.4. The second-order valence-electron chi connectivity index (χ2n) is 6.58. The van der Waals surface area contributed by atoms with Crippen LogP contribution >= 0.6 is 0 Å². The van der Waals surface area contributed by atoms with Gasteiger partial charge in [-0.2, -0.15) is 9.40 Å². The summed E-state index contributed by atoms with van der Waals surface area (Å²) < 4.78 is 25.5. The van der Waals surface area contributed by atoms with E-state index in [0.29, 0.717) is 24.7 Å². The molecule has 1 aromatic rings. The fourth-order valence-electron chi connectivity index (χ4n) is 2.94. The topological polar surface area (TPSA) is 92.3 Å². The van der Waals surface area contributed by atoms with Crippen molar-refractivity contribution in [2.45, 2.75) is 45.1 Å². The molecule has 1 N–H and O–H groups in total. The highest BCUT2D eigenvalue weighted by molar-refractivity contribution is 7.89. The molecule has 0 aromatic carbocycles. The van der Waals surface area contributed by atoms with Crippen molar-refractivity contribution >= 4 is 21.7 Å². The normalized spacial score (nSPS) is 22.2. The third kappa shape index (κ3) is 3.53. The zero-order chi connectivity index (χ0) is 16.6. The first-order valence-electron chi connectivity index (χ1n) is 8.02. The molecule has 126 valence electrons. The molecule has 1 amide bonds. The van der Waals surface area contributed by atoms with E-state index in [9.17, 15) is 13.2 Å². The number of hydrogen-bond donors (Lipinski definition) is 1. The highest BCUT2D eigenvalue weighted by Gasteiger charge is 2.40. The van der Waals surface area contributed by atoms with Crippen LogP contribution in [0.4, 0.5) is 5.82 Å². The molecule has 2 fully saturated rings. The first-order chi connectivity index (χ1) is 10.9. The largest absolute Gasteiger partial charge is 0.308 e. The van der Waals surface area contributed by atoms with E-state index in [1.165, 1.54) is 4.31 Å². The smallest absolute Gasteiger partial charge is 0.244 e. The highest BCUT2D eigenvalue weighted by atomic mass is 32.2. The minimum Gasteiger partial charge on any atom is -0.308 e. The Hall–Kier alpha value is -1.54. The molecule has 1 saturated heterocycles. The lowest BCUT2D eigenvalue weighted by Crippen LogP contribution is -2.48. The van der Waals surface area contributed by atoms with E-state index in [2.05, 4.69) is 15.5 Å². The summed E-state index contributed by atoms with van der Waals surface area (Å²) in [6, 6.07) is 2.89. The van der Waals surface area contributed by atoms with Crippen LogP contribution in [0.15, 0.2) is 12.1 Å². The summed E-state index contributed by atoms with van der Waals surface area (Å²) in [4.78, 5) is 12.6. The van der Waals surface area contributed by atoms with Crippen LogP contribution in [-0.2, 0) is 14.8 Å². The van der Waals surface area contributed by atoms with Gasteiger partial charge in [0.25, 0.3) is 0 Å². The fraction of sp³-hybridized carbons (Fsp3) is 0.667. The third-order valence-corrected chi connectivity index (χ3v) is 6.21. The lowest BCUT2D eigenvalue weighted by Gasteiger charge is -2.28. The van der Waals surface area contributed by atoms with Gasteiger partial charge in [-0.1, -0.05) is 13.8 Å². The molecular weight excluding hydrogens is 316 g/mol. The Bertz CT molecular complexity index is 683. The average molecular weight is 338 g/mol. The Morgan fingerprint density at radius 1 is 1.30 bits per heavy atom. The molecule has 1 aromatic heterocycles. The maximum Gasteiger partial charge on any atom is 0.244 e. The van der Waals surface area contributed by atoms with Gasteiger partial charge in [0.1, 0.15) is 6.04 Å². The van der Waals surface area contributed by atoms with Crippen molar-refractivity contribution in [3.63, 3.8) is 0 Å². The van der Waals surface area contributed by atoms with Crippen LogP contribution in [0, 0.1) is 5.92 Å². The second kappa shape index (κ2) is 6.16. The number of nitrogens with one attached hydrogen (secondary N) is 1. The highest BCUT2D eigenvalue weighted by Crippen LogP contribution is 2.38. The van der Waals surface area contributed by atoms with Crippen molar-refractivity contribution in [1.29, 1.82) is 0 Å². The molecule has 1 aliphatic heterocycles. The lowest BCUT2D eigenvalue weighted by molar-refractivity contribution is -0.120. The second-order valence-corrected chi connectivity index (χ2v) is 8.62. The first kappa shape index (κ1) is 16.3. The summed E-state index contributed by atoms with van der Waals surface area (Å²) in [6.07, 6.45) is 2.85. The number of aromatic nitrogens is 2. The molecule has 2 aliphatic rings. The maximum absolute atomic E-state index is 12.6. The Labute approximate surface area is 136 Å². The Morgan fingerprint density at radius 3 is 2.52 bits per heavy atom. The van der Waals surface area contributed by atoms with Crippen molar-refractivity contribution in [3.8, 4) is 0 Å². The molecule has 1 saturated carbocycles. The molecule has 0 radical (unpaired) electrons. The van der Waals surface area contributed by atoms with Gasteiger partial charge in [0.2, 0.25) is 15.9 Å². The number of rotatable bonds is 5. The van der Waals surface area contributed by atoms with Gasteiger partial charge in [0.15, 0.2) is 5.82 Å². The molecule has 1 atom stereocenters. The summed E-state index contributed by atoms with van der Waals surface area (Å²) in [5.74, 6) is 0.506. The van der Waals surface area contributed by atoms with E-state index in [-0.39, 0.29) is 17.6 Å². The quantitative estimate of drug-likeness (QED) is 0.875. The van der Waals surface area contributed by atoms with E-state index < -0.39 is 16.1 Å². The van der Waals surface area contributed by atoms with Gasteiger partial charge in [-0.3, -0.25) is 4.79 Å². The van der Waals surface area contributed by atoms with E-state index in [1.54, 1.807) is 6.07 Å². The Kier molecular flexibility index (Phi) is 4.37. The molecule has 2 heterocycles. The van der Waals surface area contributed by atoms with Crippen LogP contribution in [-0.4, -0.2) is 47.2 Å². The van der Waals surface area contributed by atoms with Gasteiger partial charge in [-0.15, -0.1) is 5.10 Å². The Balaban J connectivity index is 1.73. The molecule has 23 heavy (non-hydrogen) atoms. The molecule has 1 unspecified atom stereocenters. The summed E-state index contributed by atoms with van der Waals surface area (Å²) in [6.45, 7) is 4.09. The van der Waals surface area contributed by atoms with Crippen LogP contribution in [0.2, 0.25) is 0 Å². The van der Waals surface area contributed by atoms with Crippen molar-refractivity contribution in [3.05, 3.63) is 17.8 Å². The van der Waals surface area contributed by atoms with Gasteiger partial charge in [-0.05, 0) is 37.3 Å². The monoisotopic (exact) mass is 338 g/mol. The third-order valence-electron chi connectivity index (χ3n) is 4.28. The zero-order valence-corrected chi connectivity index (χ0v) is 14.2. The number of amides is 1. The first-order valence-corrected chi connectivity index (χ1v) is 9.63. The molecule has 0 spiro atoms. The summed E-state index contributed by atoms with van der Waals surface area (Å²) in [5, 5.41) is 10.9. The predicted octanol–water partition coefficient (Wildman–Crippen LogP) is 1.35. The number of nitrogens with zero attached hydrogens (tertiary/aromatic N) is 3. The number of carbonyl (C=O) groups is 1. The maximum atomic E-state index is 12.6. The minimum atomic E-state index is -3.34. The molecule has 0 bridgehead atoms. The average Bonchev–Trinajstić information content (AvgIpc) is 3.26.